The minimum atomic E-state index is 0.271. The third kappa shape index (κ3) is 6.79. The highest BCUT2D eigenvalue weighted by Gasteiger charge is 2.28. The van der Waals surface area contributed by atoms with Crippen LogP contribution < -0.4 is 0 Å². The van der Waals surface area contributed by atoms with Crippen LogP contribution in [0.5, 0.6) is 0 Å². The highest BCUT2D eigenvalue weighted by Crippen LogP contribution is 2.36. The quantitative estimate of drug-likeness (QED) is 0.582. The van der Waals surface area contributed by atoms with Crippen LogP contribution in [-0.2, 0) is 0 Å². The number of hydrogen-bond acceptors (Lipinski definition) is 1. The van der Waals surface area contributed by atoms with Gasteiger partial charge in [0.05, 0.1) is 0 Å². The summed E-state index contributed by atoms with van der Waals surface area (Å²) in [6, 6.07) is 0.658. The normalized spacial score (nSPS) is 17.1. The lowest BCUT2D eigenvalue weighted by atomic mass is 9.72. The number of nitrogens with zero attached hydrogens (tertiary/aromatic N) is 1. The molecule has 19 heavy (non-hydrogen) atoms. The molecular weight excluding hydrogens is 230 g/mol. The molecule has 2 atom stereocenters. The standard InChI is InChI=1S/C18H39N/c1-14(2)13-15(3)18(8,9)12-11-16(4)19(10)17(5,6)7/h14-16H,11-13H2,1-10H3. The van der Waals surface area contributed by atoms with E-state index in [1.165, 1.54) is 19.3 Å². The number of hydrogen-bond donors (Lipinski definition) is 0. The van der Waals surface area contributed by atoms with Crippen LogP contribution >= 0.6 is 0 Å². The van der Waals surface area contributed by atoms with Gasteiger partial charge in [-0.15, -0.1) is 0 Å². The highest BCUT2D eigenvalue weighted by atomic mass is 15.2. The Morgan fingerprint density at radius 3 is 1.74 bits per heavy atom. The molecule has 0 fully saturated rings. The van der Waals surface area contributed by atoms with Crippen molar-refractivity contribution in [3.63, 3.8) is 0 Å². The summed E-state index contributed by atoms with van der Waals surface area (Å²) >= 11 is 0. The van der Waals surface area contributed by atoms with E-state index >= 15 is 0 Å². The van der Waals surface area contributed by atoms with Crippen LogP contribution in [0.3, 0.4) is 0 Å². The molecule has 0 rings (SSSR count). The smallest absolute Gasteiger partial charge is 0.0124 e. The molecule has 2 unspecified atom stereocenters. The summed E-state index contributed by atoms with van der Waals surface area (Å²) in [5, 5.41) is 0. The van der Waals surface area contributed by atoms with Gasteiger partial charge >= 0.3 is 0 Å². The molecule has 0 aromatic carbocycles. The van der Waals surface area contributed by atoms with Crippen LogP contribution in [0.15, 0.2) is 0 Å². The van der Waals surface area contributed by atoms with Crippen molar-refractivity contribution in [1.82, 2.24) is 4.90 Å². The molecule has 0 heterocycles. The van der Waals surface area contributed by atoms with Crippen molar-refractivity contribution in [2.24, 2.45) is 17.3 Å². The average molecular weight is 270 g/mol. The van der Waals surface area contributed by atoms with Crippen molar-refractivity contribution in [1.29, 1.82) is 0 Å². The van der Waals surface area contributed by atoms with Gasteiger partial charge in [-0.1, -0.05) is 34.6 Å². The van der Waals surface area contributed by atoms with Gasteiger partial charge < -0.3 is 0 Å². The van der Waals surface area contributed by atoms with Gasteiger partial charge in [0.15, 0.2) is 0 Å². The molecule has 0 aliphatic carbocycles. The van der Waals surface area contributed by atoms with Crippen LogP contribution in [0.4, 0.5) is 0 Å². The third-order valence-corrected chi connectivity index (χ3v) is 5.08. The van der Waals surface area contributed by atoms with E-state index in [9.17, 15) is 0 Å². The van der Waals surface area contributed by atoms with Gasteiger partial charge in [0.2, 0.25) is 0 Å². The SMILES string of the molecule is CC(C)CC(C)C(C)(C)CCC(C)N(C)C(C)(C)C. The Labute approximate surface area is 123 Å². The molecule has 0 aromatic rings. The van der Waals surface area contributed by atoms with E-state index in [1.807, 2.05) is 0 Å². The van der Waals surface area contributed by atoms with E-state index < -0.39 is 0 Å². The van der Waals surface area contributed by atoms with Crippen LogP contribution in [0.1, 0.15) is 81.6 Å². The van der Waals surface area contributed by atoms with Crippen LogP contribution in [-0.4, -0.2) is 23.5 Å². The molecule has 0 saturated heterocycles. The van der Waals surface area contributed by atoms with Gasteiger partial charge in [-0.3, -0.25) is 4.90 Å². The van der Waals surface area contributed by atoms with Crippen molar-refractivity contribution < 1.29 is 0 Å². The van der Waals surface area contributed by atoms with E-state index in [2.05, 4.69) is 74.3 Å². The molecule has 0 saturated carbocycles. The summed E-state index contributed by atoms with van der Waals surface area (Å²) in [7, 11) is 2.26. The highest BCUT2D eigenvalue weighted by molar-refractivity contribution is 4.82. The molecule has 0 aliphatic rings. The van der Waals surface area contributed by atoms with Crippen molar-refractivity contribution in [3.8, 4) is 0 Å². The van der Waals surface area contributed by atoms with Gasteiger partial charge in [-0.2, -0.15) is 0 Å². The lowest BCUT2D eigenvalue weighted by Crippen LogP contribution is -2.44. The summed E-state index contributed by atoms with van der Waals surface area (Å²) in [6.07, 6.45) is 3.96. The lowest BCUT2D eigenvalue weighted by molar-refractivity contribution is 0.0979. The minimum Gasteiger partial charge on any atom is -0.299 e. The largest absolute Gasteiger partial charge is 0.299 e. The molecule has 0 N–H and O–H groups in total. The fourth-order valence-corrected chi connectivity index (χ4v) is 2.71. The molecular formula is C18H39N. The van der Waals surface area contributed by atoms with Crippen LogP contribution in [0, 0.1) is 17.3 Å². The number of rotatable bonds is 7. The predicted octanol–water partition coefficient (Wildman–Crippen LogP) is 5.59. The van der Waals surface area contributed by atoms with E-state index in [-0.39, 0.29) is 5.54 Å². The van der Waals surface area contributed by atoms with Gasteiger partial charge in [-0.25, -0.2) is 0 Å². The fourth-order valence-electron chi connectivity index (χ4n) is 2.71. The molecule has 116 valence electrons. The second-order valence-electron chi connectivity index (χ2n) is 8.69. The van der Waals surface area contributed by atoms with E-state index in [1.54, 1.807) is 0 Å². The zero-order valence-electron chi connectivity index (χ0n) is 15.3. The summed E-state index contributed by atoms with van der Waals surface area (Å²) < 4.78 is 0. The first kappa shape index (κ1) is 19.0. The Kier molecular flexibility index (Phi) is 7.09. The van der Waals surface area contributed by atoms with Crippen molar-refractivity contribution in [2.75, 3.05) is 7.05 Å². The molecule has 0 amide bonds. The van der Waals surface area contributed by atoms with Gasteiger partial charge in [0.25, 0.3) is 0 Å². The third-order valence-electron chi connectivity index (χ3n) is 5.08. The maximum Gasteiger partial charge on any atom is 0.0124 e. The minimum absolute atomic E-state index is 0.271. The Bertz CT molecular complexity index is 247. The summed E-state index contributed by atoms with van der Waals surface area (Å²) in [5.74, 6) is 1.61. The Morgan fingerprint density at radius 2 is 1.37 bits per heavy atom. The average Bonchev–Trinajstić information content (AvgIpc) is 2.22. The summed E-state index contributed by atoms with van der Waals surface area (Å²) in [6.45, 7) is 21.3. The van der Waals surface area contributed by atoms with E-state index in [4.69, 9.17) is 0 Å². The van der Waals surface area contributed by atoms with Crippen LogP contribution in [0.25, 0.3) is 0 Å². The fraction of sp³-hybridized carbons (Fsp3) is 1.00. The van der Waals surface area contributed by atoms with Gasteiger partial charge in [0, 0.05) is 11.6 Å². The lowest BCUT2D eigenvalue weighted by Gasteiger charge is -2.40. The molecule has 0 aliphatic heterocycles. The molecule has 1 nitrogen and oxygen atoms in total. The first-order valence-corrected chi connectivity index (χ1v) is 8.11. The Hall–Kier alpha value is -0.0400. The molecule has 0 spiro atoms. The van der Waals surface area contributed by atoms with Crippen molar-refractivity contribution in [3.05, 3.63) is 0 Å². The molecule has 0 radical (unpaired) electrons. The Balaban J connectivity index is 4.38. The maximum atomic E-state index is 2.51. The molecule has 0 bridgehead atoms. The summed E-state index contributed by atoms with van der Waals surface area (Å²) in [4.78, 5) is 2.51. The monoisotopic (exact) mass is 269 g/mol. The van der Waals surface area contributed by atoms with Crippen molar-refractivity contribution in [2.45, 2.75) is 93.2 Å². The van der Waals surface area contributed by atoms with Gasteiger partial charge in [-0.05, 0) is 71.3 Å². The second kappa shape index (κ2) is 7.11. The first-order chi connectivity index (χ1) is 8.38. The predicted molar refractivity (Wildman–Crippen MR) is 88.6 cm³/mol. The second-order valence-corrected chi connectivity index (χ2v) is 8.69. The Morgan fingerprint density at radius 1 is 0.895 bits per heavy atom. The maximum absolute atomic E-state index is 2.51. The molecule has 1 heteroatoms. The first-order valence-electron chi connectivity index (χ1n) is 8.11. The van der Waals surface area contributed by atoms with Crippen LogP contribution in [0.2, 0.25) is 0 Å². The summed E-state index contributed by atoms with van der Waals surface area (Å²) in [5.41, 5.74) is 0.727. The van der Waals surface area contributed by atoms with Gasteiger partial charge in [0.1, 0.15) is 0 Å². The van der Waals surface area contributed by atoms with Crippen molar-refractivity contribution >= 4 is 0 Å². The topological polar surface area (TPSA) is 3.24 Å². The zero-order chi connectivity index (χ0) is 15.4. The molecule has 0 aromatic heterocycles. The zero-order valence-corrected chi connectivity index (χ0v) is 15.3. The van der Waals surface area contributed by atoms with E-state index in [0.29, 0.717) is 11.5 Å². The van der Waals surface area contributed by atoms with E-state index in [0.717, 1.165) is 11.8 Å².